The molecule has 0 aliphatic carbocycles. The average molecular weight is 102 g/mol. The molecular formula is C2H7KO2. The molecule has 0 rings (SSSR count). The second-order valence-electron chi connectivity index (χ2n) is 0.632. The van der Waals surface area contributed by atoms with E-state index in [4.69, 9.17) is 10.2 Å². The molecule has 28 valence electrons. The first kappa shape index (κ1) is 9.75. The van der Waals surface area contributed by atoms with Crippen molar-refractivity contribution in [1.29, 1.82) is 0 Å². The molecule has 0 aromatic heterocycles. The van der Waals surface area contributed by atoms with Gasteiger partial charge >= 0.3 is 51.4 Å². The Morgan fingerprint density at radius 1 is 1.60 bits per heavy atom. The summed E-state index contributed by atoms with van der Waals surface area (Å²) < 4.78 is 0. The van der Waals surface area contributed by atoms with Crippen molar-refractivity contribution in [3.63, 3.8) is 0 Å². The molecule has 0 saturated heterocycles. The van der Waals surface area contributed by atoms with E-state index in [-0.39, 0.29) is 52.8 Å². The van der Waals surface area contributed by atoms with Gasteiger partial charge in [-0.1, -0.05) is 0 Å². The molecule has 0 spiro atoms. The molecule has 0 amide bonds. The number of hydrogen-bond donors (Lipinski definition) is 2. The van der Waals surface area contributed by atoms with Crippen molar-refractivity contribution in [2.24, 2.45) is 0 Å². The first-order chi connectivity index (χ1) is 1.73. The summed E-state index contributed by atoms with van der Waals surface area (Å²) in [6, 6.07) is 0. The second-order valence-corrected chi connectivity index (χ2v) is 0.632. The van der Waals surface area contributed by atoms with Crippen molar-refractivity contribution >= 4 is 0 Å². The molecule has 0 fully saturated rings. The Balaban J connectivity index is -0.0000000450. The predicted molar refractivity (Wildman–Crippen MR) is 15.0 cm³/mol. The molecule has 0 saturated carbocycles. The van der Waals surface area contributed by atoms with Crippen molar-refractivity contribution in [3.05, 3.63) is 0 Å². The zero-order valence-electron chi connectivity index (χ0n) is 4.47. The maximum absolute atomic E-state index is 7.61. The summed E-state index contributed by atoms with van der Waals surface area (Å²) in [5.41, 5.74) is 0. The van der Waals surface area contributed by atoms with Gasteiger partial charge in [-0.25, -0.2) is 0 Å². The Morgan fingerprint density at radius 3 is 1.60 bits per heavy atom. The monoisotopic (exact) mass is 102 g/mol. The summed E-state index contributed by atoms with van der Waals surface area (Å²) in [6.45, 7) is 1.28. The minimum atomic E-state index is -1.17. The van der Waals surface area contributed by atoms with Crippen LogP contribution in [-0.2, 0) is 0 Å². The normalized spacial score (nSPS) is 7.20. The molecule has 0 heterocycles. The first-order valence-electron chi connectivity index (χ1n) is 1.09. The van der Waals surface area contributed by atoms with Crippen LogP contribution in [-0.4, -0.2) is 16.5 Å². The van der Waals surface area contributed by atoms with E-state index in [0.717, 1.165) is 0 Å². The van der Waals surface area contributed by atoms with Gasteiger partial charge in [0.15, 0.2) is 0 Å². The number of rotatable bonds is 0. The number of hydrogen-bond acceptors (Lipinski definition) is 2. The molecule has 0 atom stereocenters. The minimum Gasteiger partial charge on any atom is -1.00 e. The zero-order valence-corrected chi connectivity index (χ0v) is 6.59. The van der Waals surface area contributed by atoms with Crippen LogP contribution in [0.2, 0.25) is 0 Å². The van der Waals surface area contributed by atoms with Crippen LogP contribution < -0.4 is 51.4 Å². The van der Waals surface area contributed by atoms with Crippen molar-refractivity contribution in [3.8, 4) is 0 Å². The van der Waals surface area contributed by atoms with Gasteiger partial charge in [0.1, 0.15) is 6.29 Å². The maximum atomic E-state index is 7.61. The molecule has 0 radical (unpaired) electrons. The average Bonchev–Trinajstić information content (AvgIpc) is 0.811. The predicted octanol–water partition coefficient (Wildman–Crippen LogP) is -3.57. The van der Waals surface area contributed by atoms with Crippen LogP contribution in [0.25, 0.3) is 0 Å². The van der Waals surface area contributed by atoms with Gasteiger partial charge in [0.05, 0.1) is 0 Å². The SMILES string of the molecule is CC(O)O.[H-].[K+]. The Hall–Kier alpha value is 1.56. The van der Waals surface area contributed by atoms with Gasteiger partial charge in [0.25, 0.3) is 0 Å². The smallest absolute Gasteiger partial charge is 1.00 e. The quantitative estimate of drug-likeness (QED) is 0.245. The van der Waals surface area contributed by atoms with Gasteiger partial charge in [-0.05, 0) is 6.92 Å². The standard InChI is InChI=1S/C2H6O2.K.H/c1-2(3)4;;/h2-4H,1H3;;/q;+1;-1. The maximum Gasteiger partial charge on any atom is 1.00 e. The Kier molecular flexibility index (Phi) is 10.8. The van der Waals surface area contributed by atoms with Crippen molar-refractivity contribution in [2.45, 2.75) is 13.2 Å². The van der Waals surface area contributed by atoms with Crippen LogP contribution in [0.1, 0.15) is 8.35 Å². The van der Waals surface area contributed by atoms with Crippen LogP contribution in [0.5, 0.6) is 0 Å². The molecular weight excluding hydrogens is 95.1 g/mol. The third-order valence-corrected chi connectivity index (χ3v) is 0. The molecule has 0 unspecified atom stereocenters. The molecule has 0 aromatic carbocycles. The summed E-state index contributed by atoms with van der Waals surface area (Å²) >= 11 is 0. The van der Waals surface area contributed by atoms with E-state index >= 15 is 0 Å². The molecule has 3 heteroatoms. The van der Waals surface area contributed by atoms with Gasteiger partial charge < -0.3 is 11.6 Å². The van der Waals surface area contributed by atoms with Gasteiger partial charge in [-0.3, -0.25) is 0 Å². The second kappa shape index (κ2) is 5.56. The third kappa shape index (κ3) is 29.0. The van der Waals surface area contributed by atoms with Crippen molar-refractivity contribution in [2.75, 3.05) is 0 Å². The first-order valence-corrected chi connectivity index (χ1v) is 1.09. The van der Waals surface area contributed by atoms with E-state index in [0.29, 0.717) is 0 Å². The topological polar surface area (TPSA) is 40.5 Å². The number of aliphatic hydroxyl groups is 2. The van der Waals surface area contributed by atoms with Crippen LogP contribution in [0.3, 0.4) is 0 Å². The summed E-state index contributed by atoms with van der Waals surface area (Å²) in [4.78, 5) is 0. The van der Waals surface area contributed by atoms with E-state index < -0.39 is 6.29 Å². The fraction of sp³-hybridized carbons (Fsp3) is 1.00. The van der Waals surface area contributed by atoms with E-state index in [1.165, 1.54) is 6.92 Å². The van der Waals surface area contributed by atoms with Crippen LogP contribution in [0.4, 0.5) is 0 Å². The number of aliphatic hydroxyl groups excluding tert-OH is 1. The molecule has 2 N–H and O–H groups in total. The molecule has 0 bridgehead atoms. The summed E-state index contributed by atoms with van der Waals surface area (Å²) in [5, 5.41) is 15.2. The third-order valence-electron chi connectivity index (χ3n) is 0. The van der Waals surface area contributed by atoms with Gasteiger partial charge in [0, 0.05) is 0 Å². The fourth-order valence-electron chi connectivity index (χ4n) is 0. The van der Waals surface area contributed by atoms with E-state index in [9.17, 15) is 0 Å². The molecule has 0 aromatic rings. The fourth-order valence-corrected chi connectivity index (χ4v) is 0. The zero-order chi connectivity index (χ0) is 3.58. The van der Waals surface area contributed by atoms with E-state index in [1.807, 2.05) is 0 Å². The van der Waals surface area contributed by atoms with E-state index in [1.54, 1.807) is 0 Å². The molecule has 5 heavy (non-hydrogen) atoms. The van der Waals surface area contributed by atoms with Gasteiger partial charge in [-0.15, -0.1) is 0 Å². The Labute approximate surface area is 75.1 Å². The molecule has 2 nitrogen and oxygen atoms in total. The largest absolute Gasteiger partial charge is 1.00 e. The Morgan fingerprint density at radius 2 is 1.60 bits per heavy atom. The van der Waals surface area contributed by atoms with Gasteiger partial charge in [-0.2, -0.15) is 0 Å². The summed E-state index contributed by atoms with van der Waals surface area (Å²) in [5.74, 6) is 0. The molecule has 0 aliphatic rings. The summed E-state index contributed by atoms with van der Waals surface area (Å²) in [7, 11) is 0. The van der Waals surface area contributed by atoms with Crippen LogP contribution in [0.15, 0.2) is 0 Å². The molecule has 0 aliphatic heterocycles. The van der Waals surface area contributed by atoms with Crippen molar-refractivity contribution < 1.29 is 63.0 Å². The van der Waals surface area contributed by atoms with Gasteiger partial charge in [0.2, 0.25) is 0 Å². The van der Waals surface area contributed by atoms with E-state index in [2.05, 4.69) is 0 Å². The van der Waals surface area contributed by atoms with Crippen LogP contribution in [0, 0.1) is 0 Å². The minimum absolute atomic E-state index is 0. The van der Waals surface area contributed by atoms with Crippen LogP contribution >= 0.6 is 0 Å². The Bertz CT molecular complexity index is 16.3. The summed E-state index contributed by atoms with van der Waals surface area (Å²) in [6.07, 6.45) is -1.17. The van der Waals surface area contributed by atoms with Crippen molar-refractivity contribution in [1.82, 2.24) is 0 Å².